The van der Waals surface area contributed by atoms with Crippen LogP contribution in [0.25, 0.3) is 0 Å². The highest BCUT2D eigenvalue weighted by Gasteiger charge is 2.16. The highest BCUT2D eigenvalue weighted by atomic mass is 35.5. The Balaban J connectivity index is 2.70. The van der Waals surface area contributed by atoms with Crippen LogP contribution in [0, 0.1) is 0 Å². The van der Waals surface area contributed by atoms with Crippen LogP contribution in [0.3, 0.4) is 0 Å². The Morgan fingerprint density at radius 3 is 2.56 bits per heavy atom. The molecule has 1 rings (SSSR count). The van der Waals surface area contributed by atoms with E-state index < -0.39 is 0 Å². The third kappa shape index (κ3) is 3.48. The van der Waals surface area contributed by atoms with Gasteiger partial charge in [0, 0.05) is 17.6 Å². The van der Waals surface area contributed by atoms with Gasteiger partial charge in [0.2, 0.25) is 0 Å². The molecule has 2 atom stereocenters. The summed E-state index contributed by atoms with van der Waals surface area (Å²) in [6.45, 7) is 4.76. The van der Waals surface area contributed by atoms with E-state index in [1.165, 1.54) is 0 Å². The Kier molecular flexibility index (Phi) is 5.26. The van der Waals surface area contributed by atoms with Crippen LogP contribution in [0.1, 0.15) is 31.9 Å². The molecule has 0 aliphatic rings. The SMILES string of the molecule is CCC(O)CN(C)C(C)c1ccccc1Cl. The second kappa shape index (κ2) is 6.24. The van der Waals surface area contributed by atoms with Gasteiger partial charge >= 0.3 is 0 Å². The van der Waals surface area contributed by atoms with Crippen molar-refractivity contribution in [1.29, 1.82) is 0 Å². The molecule has 1 N–H and O–H groups in total. The van der Waals surface area contributed by atoms with Gasteiger partial charge in [0.05, 0.1) is 6.10 Å². The third-order valence-electron chi connectivity index (χ3n) is 2.99. The van der Waals surface area contributed by atoms with Crippen molar-refractivity contribution in [3.63, 3.8) is 0 Å². The average Bonchev–Trinajstić information content (AvgIpc) is 2.28. The van der Waals surface area contributed by atoms with E-state index >= 15 is 0 Å². The van der Waals surface area contributed by atoms with Crippen molar-refractivity contribution in [1.82, 2.24) is 4.90 Å². The van der Waals surface area contributed by atoms with Crippen molar-refractivity contribution < 1.29 is 5.11 Å². The number of hydrogen-bond donors (Lipinski definition) is 1. The van der Waals surface area contributed by atoms with Crippen molar-refractivity contribution in [2.45, 2.75) is 32.4 Å². The highest BCUT2D eigenvalue weighted by molar-refractivity contribution is 6.31. The molecule has 2 nitrogen and oxygen atoms in total. The summed E-state index contributed by atoms with van der Waals surface area (Å²) >= 11 is 6.14. The van der Waals surface area contributed by atoms with E-state index in [9.17, 15) is 5.11 Å². The molecule has 0 fully saturated rings. The number of hydrogen-bond acceptors (Lipinski definition) is 2. The first-order chi connectivity index (χ1) is 7.56. The monoisotopic (exact) mass is 241 g/mol. The van der Waals surface area contributed by atoms with Crippen molar-refractivity contribution in [3.05, 3.63) is 34.9 Å². The summed E-state index contributed by atoms with van der Waals surface area (Å²) < 4.78 is 0. The summed E-state index contributed by atoms with van der Waals surface area (Å²) in [5.41, 5.74) is 1.11. The summed E-state index contributed by atoms with van der Waals surface area (Å²) in [5, 5.41) is 10.4. The van der Waals surface area contributed by atoms with Crippen LogP contribution in [-0.4, -0.2) is 29.7 Å². The molecule has 0 radical (unpaired) electrons. The zero-order chi connectivity index (χ0) is 12.1. The van der Waals surface area contributed by atoms with Gasteiger partial charge in [-0.15, -0.1) is 0 Å². The minimum absolute atomic E-state index is 0.218. The second-order valence-corrected chi connectivity index (χ2v) is 4.61. The largest absolute Gasteiger partial charge is 0.392 e. The molecule has 1 aromatic carbocycles. The highest BCUT2D eigenvalue weighted by Crippen LogP contribution is 2.26. The Morgan fingerprint density at radius 1 is 1.38 bits per heavy atom. The summed E-state index contributed by atoms with van der Waals surface area (Å²) in [7, 11) is 2.01. The molecule has 1 aromatic rings. The van der Waals surface area contributed by atoms with Crippen molar-refractivity contribution in [2.24, 2.45) is 0 Å². The molecule has 2 unspecified atom stereocenters. The molecule has 0 bridgehead atoms. The molecule has 0 heterocycles. The van der Waals surface area contributed by atoms with E-state index in [2.05, 4.69) is 11.8 Å². The van der Waals surface area contributed by atoms with Crippen molar-refractivity contribution >= 4 is 11.6 Å². The van der Waals surface area contributed by atoms with Gasteiger partial charge in [0.1, 0.15) is 0 Å². The molecular formula is C13H20ClNO. The maximum Gasteiger partial charge on any atom is 0.0664 e. The molecule has 0 aliphatic heterocycles. The molecule has 3 heteroatoms. The number of nitrogens with zero attached hydrogens (tertiary/aromatic N) is 1. The van der Waals surface area contributed by atoms with E-state index in [0.29, 0.717) is 6.54 Å². The van der Waals surface area contributed by atoms with E-state index in [1.54, 1.807) is 0 Å². The van der Waals surface area contributed by atoms with Crippen molar-refractivity contribution in [2.75, 3.05) is 13.6 Å². The fraction of sp³-hybridized carbons (Fsp3) is 0.538. The number of likely N-dealkylation sites (N-methyl/N-ethyl adjacent to an activating group) is 1. The van der Waals surface area contributed by atoms with E-state index in [4.69, 9.17) is 11.6 Å². The van der Waals surface area contributed by atoms with Crippen LogP contribution in [-0.2, 0) is 0 Å². The normalized spacial score (nSPS) is 15.1. The lowest BCUT2D eigenvalue weighted by molar-refractivity contribution is 0.105. The molecule has 0 saturated carbocycles. The number of aliphatic hydroxyl groups excluding tert-OH is 1. The number of halogens is 1. The lowest BCUT2D eigenvalue weighted by Crippen LogP contribution is -2.31. The molecule has 0 amide bonds. The van der Waals surface area contributed by atoms with Crippen LogP contribution >= 0.6 is 11.6 Å². The lowest BCUT2D eigenvalue weighted by atomic mass is 10.1. The smallest absolute Gasteiger partial charge is 0.0664 e. The van der Waals surface area contributed by atoms with Crippen LogP contribution in [0.5, 0.6) is 0 Å². The minimum atomic E-state index is -0.269. The van der Waals surface area contributed by atoms with Gasteiger partial charge in [0.25, 0.3) is 0 Å². The van der Waals surface area contributed by atoms with Gasteiger partial charge in [-0.1, -0.05) is 36.7 Å². The Bertz CT molecular complexity index is 329. The van der Waals surface area contributed by atoms with E-state index in [-0.39, 0.29) is 12.1 Å². The van der Waals surface area contributed by atoms with Crippen molar-refractivity contribution in [3.8, 4) is 0 Å². The zero-order valence-corrected chi connectivity index (χ0v) is 10.9. The maximum absolute atomic E-state index is 9.62. The van der Waals surface area contributed by atoms with Gasteiger partial charge in [-0.25, -0.2) is 0 Å². The van der Waals surface area contributed by atoms with Crippen LogP contribution < -0.4 is 0 Å². The molecule has 0 aliphatic carbocycles. The van der Waals surface area contributed by atoms with Gasteiger partial charge in [-0.2, -0.15) is 0 Å². The summed E-state index contributed by atoms with van der Waals surface area (Å²) in [5.74, 6) is 0. The number of benzene rings is 1. The first-order valence-corrected chi connectivity index (χ1v) is 6.06. The third-order valence-corrected chi connectivity index (χ3v) is 3.33. The molecule has 0 spiro atoms. The molecule has 16 heavy (non-hydrogen) atoms. The van der Waals surface area contributed by atoms with Crippen LogP contribution in [0.4, 0.5) is 0 Å². The van der Waals surface area contributed by atoms with E-state index in [1.807, 2.05) is 38.2 Å². The topological polar surface area (TPSA) is 23.5 Å². The first-order valence-electron chi connectivity index (χ1n) is 5.69. The summed E-state index contributed by atoms with van der Waals surface area (Å²) in [6, 6.07) is 8.07. The Labute approximate surface area is 103 Å². The summed E-state index contributed by atoms with van der Waals surface area (Å²) in [6.07, 6.45) is 0.509. The predicted octanol–water partition coefficient (Wildman–Crippen LogP) is 3.10. The average molecular weight is 242 g/mol. The fourth-order valence-corrected chi connectivity index (χ4v) is 1.96. The summed E-state index contributed by atoms with van der Waals surface area (Å²) in [4.78, 5) is 2.12. The minimum Gasteiger partial charge on any atom is -0.392 e. The number of rotatable bonds is 5. The van der Waals surface area contributed by atoms with Gasteiger partial charge in [-0.3, -0.25) is 4.90 Å². The molecule has 90 valence electrons. The molecule has 0 saturated heterocycles. The number of aliphatic hydroxyl groups is 1. The van der Waals surface area contributed by atoms with Crippen LogP contribution in [0.2, 0.25) is 5.02 Å². The zero-order valence-electron chi connectivity index (χ0n) is 10.2. The predicted molar refractivity (Wildman–Crippen MR) is 68.8 cm³/mol. The Morgan fingerprint density at radius 2 is 2.00 bits per heavy atom. The molecule has 0 aromatic heterocycles. The quantitative estimate of drug-likeness (QED) is 0.856. The second-order valence-electron chi connectivity index (χ2n) is 4.20. The van der Waals surface area contributed by atoms with Crippen LogP contribution in [0.15, 0.2) is 24.3 Å². The van der Waals surface area contributed by atoms with Gasteiger partial charge in [-0.05, 0) is 32.0 Å². The first kappa shape index (κ1) is 13.5. The Hall–Kier alpha value is -0.570. The fourth-order valence-electron chi connectivity index (χ4n) is 1.67. The lowest BCUT2D eigenvalue weighted by Gasteiger charge is -2.27. The van der Waals surface area contributed by atoms with Gasteiger partial charge < -0.3 is 5.11 Å². The maximum atomic E-state index is 9.62. The standard InChI is InChI=1S/C13H20ClNO/c1-4-11(16)9-15(3)10(2)12-7-5-6-8-13(12)14/h5-8,10-11,16H,4,9H2,1-3H3. The molecular weight excluding hydrogens is 222 g/mol. The van der Waals surface area contributed by atoms with Gasteiger partial charge in [0.15, 0.2) is 0 Å². The van der Waals surface area contributed by atoms with E-state index in [0.717, 1.165) is 17.0 Å².